The van der Waals surface area contributed by atoms with Crippen LogP contribution >= 0.6 is 11.6 Å². The molecular formula is C10H10ClF3O. The Kier molecular flexibility index (Phi) is 3.50. The Balaban J connectivity index is 3.12. The summed E-state index contributed by atoms with van der Waals surface area (Å²) in [4.78, 5) is 0. The van der Waals surface area contributed by atoms with Crippen molar-refractivity contribution in [2.24, 2.45) is 0 Å². The smallest absolute Gasteiger partial charge is 0.417 e. The highest BCUT2D eigenvalue weighted by Gasteiger charge is 2.34. The highest BCUT2D eigenvalue weighted by atomic mass is 35.5. The van der Waals surface area contributed by atoms with Crippen LogP contribution in [0.4, 0.5) is 13.2 Å². The second-order valence-corrected chi connectivity index (χ2v) is 3.66. The van der Waals surface area contributed by atoms with Crippen molar-refractivity contribution in [1.29, 1.82) is 0 Å². The molecule has 0 saturated carbocycles. The number of rotatable bonds is 2. The summed E-state index contributed by atoms with van der Waals surface area (Å²) >= 11 is 5.59. The summed E-state index contributed by atoms with van der Waals surface area (Å²) in [6.45, 7) is 3.44. The number of hydrogen-bond acceptors (Lipinski definition) is 1. The van der Waals surface area contributed by atoms with Gasteiger partial charge in [-0.15, -0.1) is 0 Å². The minimum atomic E-state index is -4.45. The van der Waals surface area contributed by atoms with E-state index >= 15 is 0 Å². The highest BCUT2D eigenvalue weighted by Crippen LogP contribution is 2.39. The maximum Gasteiger partial charge on any atom is 0.417 e. The molecule has 1 aromatic carbocycles. The van der Waals surface area contributed by atoms with Crippen molar-refractivity contribution in [3.05, 3.63) is 28.8 Å². The van der Waals surface area contributed by atoms with Crippen LogP contribution in [0.5, 0.6) is 5.75 Å². The van der Waals surface area contributed by atoms with Crippen LogP contribution in [0.25, 0.3) is 0 Å². The first-order valence-electron chi connectivity index (χ1n) is 4.34. The van der Waals surface area contributed by atoms with Crippen LogP contribution in [-0.2, 0) is 6.18 Å². The van der Waals surface area contributed by atoms with Gasteiger partial charge in [0.25, 0.3) is 0 Å². The first-order valence-corrected chi connectivity index (χ1v) is 4.72. The summed E-state index contributed by atoms with van der Waals surface area (Å²) in [5, 5.41) is -0.390. The highest BCUT2D eigenvalue weighted by molar-refractivity contribution is 6.32. The lowest BCUT2D eigenvalue weighted by molar-refractivity contribution is -0.137. The number of hydrogen-bond donors (Lipinski definition) is 0. The first-order chi connectivity index (χ1) is 6.82. The molecular weight excluding hydrogens is 229 g/mol. The van der Waals surface area contributed by atoms with Gasteiger partial charge in [-0.2, -0.15) is 13.2 Å². The summed E-state index contributed by atoms with van der Waals surface area (Å²) in [6.07, 6.45) is -4.67. The van der Waals surface area contributed by atoms with Gasteiger partial charge in [0.05, 0.1) is 16.7 Å². The van der Waals surface area contributed by atoms with E-state index in [1.165, 1.54) is 12.1 Å². The summed E-state index contributed by atoms with van der Waals surface area (Å²) in [7, 11) is 0. The molecule has 15 heavy (non-hydrogen) atoms. The van der Waals surface area contributed by atoms with Crippen LogP contribution in [-0.4, -0.2) is 6.10 Å². The Hall–Kier alpha value is -0.900. The molecule has 0 fully saturated rings. The van der Waals surface area contributed by atoms with Gasteiger partial charge in [-0.1, -0.05) is 17.7 Å². The molecule has 0 radical (unpaired) electrons. The molecule has 0 heterocycles. The number of alkyl halides is 3. The molecule has 0 N–H and O–H groups in total. The van der Waals surface area contributed by atoms with Gasteiger partial charge in [-0.3, -0.25) is 0 Å². The standard InChI is InChI=1S/C10H10ClF3O/c1-6(2)15-8-5-3-4-7(9(8)11)10(12,13)14/h3-6H,1-2H3. The third-order valence-corrected chi connectivity index (χ3v) is 2.02. The third kappa shape index (κ3) is 3.02. The minimum Gasteiger partial charge on any atom is -0.489 e. The number of halogens is 4. The summed E-state index contributed by atoms with van der Waals surface area (Å²) in [6, 6.07) is 3.61. The predicted molar refractivity (Wildman–Crippen MR) is 52.2 cm³/mol. The maximum absolute atomic E-state index is 12.4. The van der Waals surface area contributed by atoms with E-state index in [9.17, 15) is 13.2 Å². The first kappa shape index (κ1) is 12.2. The summed E-state index contributed by atoms with van der Waals surface area (Å²) in [5.74, 6) is 0.0569. The van der Waals surface area contributed by atoms with Gasteiger partial charge < -0.3 is 4.74 Å². The van der Waals surface area contributed by atoms with Gasteiger partial charge in [-0.05, 0) is 26.0 Å². The van der Waals surface area contributed by atoms with Gasteiger partial charge in [0.1, 0.15) is 5.75 Å². The lowest BCUT2D eigenvalue weighted by Crippen LogP contribution is -2.10. The van der Waals surface area contributed by atoms with Crippen LogP contribution in [0, 0.1) is 0 Å². The Labute approximate surface area is 90.8 Å². The fourth-order valence-corrected chi connectivity index (χ4v) is 1.35. The average Bonchev–Trinajstić information content (AvgIpc) is 2.05. The van der Waals surface area contributed by atoms with Crippen molar-refractivity contribution < 1.29 is 17.9 Å². The average molecular weight is 239 g/mol. The maximum atomic E-state index is 12.4. The van der Waals surface area contributed by atoms with E-state index in [2.05, 4.69) is 0 Å². The van der Waals surface area contributed by atoms with E-state index in [1.807, 2.05) is 0 Å². The quantitative estimate of drug-likeness (QED) is 0.752. The summed E-state index contributed by atoms with van der Waals surface area (Å²) in [5.41, 5.74) is -0.873. The third-order valence-electron chi connectivity index (χ3n) is 1.63. The molecule has 84 valence electrons. The van der Waals surface area contributed by atoms with Crippen molar-refractivity contribution in [3.8, 4) is 5.75 Å². The zero-order chi connectivity index (χ0) is 11.6. The Morgan fingerprint density at radius 1 is 1.27 bits per heavy atom. The van der Waals surface area contributed by atoms with Crippen LogP contribution in [0.2, 0.25) is 5.02 Å². The van der Waals surface area contributed by atoms with Crippen molar-refractivity contribution in [2.75, 3.05) is 0 Å². The van der Waals surface area contributed by atoms with Crippen LogP contribution in [0.15, 0.2) is 18.2 Å². The molecule has 0 aliphatic carbocycles. The normalized spacial score (nSPS) is 11.9. The fraction of sp³-hybridized carbons (Fsp3) is 0.400. The Morgan fingerprint density at radius 3 is 2.33 bits per heavy atom. The molecule has 0 atom stereocenters. The Morgan fingerprint density at radius 2 is 1.87 bits per heavy atom. The topological polar surface area (TPSA) is 9.23 Å². The second-order valence-electron chi connectivity index (χ2n) is 3.28. The van der Waals surface area contributed by atoms with E-state index in [0.29, 0.717) is 0 Å². The molecule has 0 aliphatic heterocycles. The fourth-order valence-electron chi connectivity index (χ4n) is 1.07. The molecule has 5 heteroatoms. The van der Waals surface area contributed by atoms with Gasteiger partial charge in [0.15, 0.2) is 0 Å². The zero-order valence-corrected chi connectivity index (χ0v) is 8.99. The SMILES string of the molecule is CC(C)Oc1cccc(C(F)(F)F)c1Cl. The molecule has 0 aliphatic rings. The van der Waals surface area contributed by atoms with E-state index in [-0.39, 0.29) is 11.9 Å². The zero-order valence-electron chi connectivity index (χ0n) is 8.23. The van der Waals surface area contributed by atoms with E-state index < -0.39 is 16.8 Å². The van der Waals surface area contributed by atoms with Crippen LogP contribution < -0.4 is 4.74 Å². The molecule has 0 spiro atoms. The van der Waals surface area contributed by atoms with E-state index in [1.54, 1.807) is 13.8 Å². The molecule has 0 bridgehead atoms. The summed E-state index contributed by atoms with van der Waals surface area (Å²) < 4.78 is 42.4. The van der Waals surface area contributed by atoms with E-state index in [4.69, 9.17) is 16.3 Å². The number of benzene rings is 1. The van der Waals surface area contributed by atoms with Crippen LogP contribution in [0.3, 0.4) is 0 Å². The van der Waals surface area contributed by atoms with Crippen molar-refractivity contribution >= 4 is 11.6 Å². The molecule has 1 rings (SSSR count). The largest absolute Gasteiger partial charge is 0.489 e. The van der Waals surface area contributed by atoms with Crippen molar-refractivity contribution in [3.63, 3.8) is 0 Å². The molecule has 1 nitrogen and oxygen atoms in total. The van der Waals surface area contributed by atoms with Crippen molar-refractivity contribution in [2.45, 2.75) is 26.1 Å². The van der Waals surface area contributed by atoms with Crippen LogP contribution in [0.1, 0.15) is 19.4 Å². The molecule has 0 amide bonds. The lowest BCUT2D eigenvalue weighted by atomic mass is 10.2. The molecule has 0 saturated heterocycles. The second kappa shape index (κ2) is 4.31. The minimum absolute atomic E-state index is 0.0569. The van der Waals surface area contributed by atoms with Crippen molar-refractivity contribution in [1.82, 2.24) is 0 Å². The predicted octanol–water partition coefficient (Wildman–Crippen LogP) is 4.15. The molecule has 1 aromatic rings. The molecule has 0 aromatic heterocycles. The van der Waals surface area contributed by atoms with Gasteiger partial charge in [0, 0.05) is 0 Å². The van der Waals surface area contributed by atoms with Gasteiger partial charge >= 0.3 is 6.18 Å². The number of ether oxygens (including phenoxy) is 1. The van der Waals surface area contributed by atoms with E-state index in [0.717, 1.165) is 6.07 Å². The lowest BCUT2D eigenvalue weighted by Gasteiger charge is -2.15. The van der Waals surface area contributed by atoms with Gasteiger partial charge in [0.2, 0.25) is 0 Å². The Bertz CT molecular complexity index is 347. The monoisotopic (exact) mass is 238 g/mol. The van der Waals surface area contributed by atoms with Gasteiger partial charge in [-0.25, -0.2) is 0 Å². The molecule has 0 unspecified atom stereocenters.